The highest BCUT2D eigenvalue weighted by Crippen LogP contribution is 2.31. The maximum Gasteiger partial charge on any atom is 0.257 e. The molecule has 1 aliphatic heterocycles. The minimum Gasteiger partial charge on any atom is -0.321 e. The Morgan fingerprint density at radius 1 is 1.00 bits per heavy atom. The van der Waals surface area contributed by atoms with E-state index in [0.29, 0.717) is 5.56 Å². The number of nitrogens with one attached hydrogen (secondary N) is 1. The summed E-state index contributed by atoms with van der Waals surface area (Å²) in [4.78, 5) is 22.7. The van der Waals surface area contributed by atoms with Crippen LogP contribution in [0.3, 0.4) is 0 Å². The van der Waals surface area contributed by atoms with Gasteiger partial charge in [0.1, 0.15) is 0 Å². The molecule has 0 aromatic heterocycles. The van der Waals surface area contributed by atoms with Crippen LogP contribution in [0.15, 0.2) is 41.2 Å². The van der Waals surface area contributed by atoms with Crippen LogP contribution in [-0.4, -0.2) is 5.91 Å². The summed E-state index contributed by atoms with van der Waals surface area (Å²) < 4.78 is 0. The van der Waals surface area contributed by atoms with Crippen molar-refractivity contribution in [1.29, 1.82) is 0 Å². The summed E-state index contributed by atoms with van der Waals surface area (Å²) in [6.45, 7) is 0. The molecule has 0 saturated heterocycles. The molecule has 1 amide bonds. The minimum atomic E-state index is -0.177. The Balaban J connectivity index is 2.58. The lowest BCUT2D eigenvalue weighted by atomic mass is 10.0. The third-order valence-electron chi connectivity index (χ3n) is 2.57. The van der Waals surface area contributed by atoms with E-state index in [1.165, 1.54) is 6.07 Å². The zero-order valence-electron chi connectivity index (χ0n) is 7.78. The summed E-state index contributed by atoms with van der Waals surface area (Å²) in [5, 5.41) is 4.46. The molecule has 0 aliphatic carbocycles. The highest BCUT2D eigenvalue weighted by Gasteiger charge is 2.23. The fraction of sp³-hybridized carbons (Fsp3) is 0. The summed E-state index contributed by atoms with van der Waals surface area (Å²) in [6.07, 6.45) is 0. The number of carbonyl (C=O) groups is 1. The number of rotatable bonds is 0. The van der Waals surface area contributed by atoms with Gasteiger partial charge in [-0.05, 0) is 11.5 Å². The van der Waals surface area contributed by atoms with Crippen LogP contribution >= 0.6 is 0 Å². The van der Waals surface area contributed by atoms with Gasteiger partial charge in [0.05, 0.1) is 11.3 Å². The molecule has 3 heteroatoms. The molecule has 0 radical (unpaired) electrons. The van der Waals surface area contributed by atoms with Crippen LogP contribution < -0.4 is 10.7 Å². The van der Waals surface area contributed by atoms with Crippen molar-refractivity contribution in [2.45, 2.75) is 0 Å². The van der Waals surface area contributed by atoms with Crippen molar-refractivity contribution in [2.24, 2.45) is 0 Å². The van der Waals surface area contributed by atoms with E-state index in [1.54, 1.807) is 6.07 Å². The van der Waals surface area contributed by atoms with E-state index in [1.807, 2.05) is 24.3 Å². The Kier molecular flexibility index (Phi) is 1.45. The van der Waals surface area contributed by atoms with Crippen LogP contribution in [0.4, 0.5) is 5.69 Å². The molecule has 0 saturated carbocycles. The smallest absolute Gasteiger partial charge is 0.257 e. The summed E-state index contributed by atoms with van der Waals surface area (Å²) in [7, 11) is 0. The van der Waals surface area contributed by atoms with E-state index in [-0.39, 0.29) is 11.3 Å². The molecular formula is C12H7NO2. The molecule has 0 spiro atoms. The van der Waals surface area contributed by atoms with Gasteiger partial charge in [-0.3, -0.25) is 9.59 Å². The molecule has 0 atom stereocenters. The molecule has 0 bridgehead atoms. The fourth-order valence-corrected chi connectivity index (χ4v) is 1.84. The predicted molar refractivity (Wildman–Crippen MR) is 58.2 cm³/mol. The lowest BCUT2D eigenvalue weighted by molar-refractivity contribution is 0.101. The Bertz CT molecular complexity index is 647. The zero-order valence-corrected chi connectivity index (χ0v) is 7.78. The van der Waals surface area contributed by atoms with Crippen molar-refractivity contribution in [3.63, 3.8) is 0 Å². The largest absolute Gasteiger partial charge is 0.321 e. The highest BCUT2D eigenvalue weighted by atomic mass is 16.2. The van der Waals surface area contributed by atoms with Gasteiger partial charge < -0.3 is 5.32 Å². The maximum atomic E-state index is 11.5. The van der Waals surface area contributed by atoms with Crippen LogP contribution in [0.25, 0.3) is 10.8 Å². The highest BCUT2D eigenvalue weighted by molar-refractivity contribution is 6.23. The lowest BCUT2D eigenvalue weighted by Gasteiger charge is -2.17. The molecule has 1 heterocycles. The van der Waals surface area contributed by atoms with Gasteiger partial charge in [-0.2, -0.15) is 0 Å². The Hall–Kier alpha value is -2.16. The minimum absolute atomic E-state index is 0.137. The van der Waals surface area contributed by atoms with E-state index < -0.39 is 0 Å². The zero-order chi connectivity index (χ0) is 10.4. The third-order valence-corrected chi connectivity index (χ3v) is 2.57. The van der Waals surface area contributed by atoms with Crippen LogP contribution in [0, 0.1) is 0 Å². The van der Waals surface area contributed by atoms with Crippen molar-refractivity contribution in [2.75, 3.05) is 5.32 Å². The first-order chi connectivity index (χ1) is 7.25. The topological polar surface area (TPSA) is 46.2 Å². The first-order valence-electron chi connectivity index (χ1n) is 4.64. The third kappa shape index (κ3) is 1.06. The average molecular weight is 197 g/mol. The summed E-state index contributed by atoms with van der Waals surface area (Å²) in [6, 6.07) is 10.4. The van der Waals surface area contributed by atoms with E-state index in [4.69, 9.17) is 0 Å². The van der Waals surface area contributed by atoms with Gasteiger partial charge in [-0.15, -0.1) is 0 Å². The number of hydrogen-bond donors (Lipinski definition) is 1. The summed E-state index contributed by atoms with van der Waals surface area (Å²) >= 11 is 0. The second-order valence-corrected chi connectivity index (χ2v) is 3.52. The monoisotopic (exact) mass is 197 g/mol. The summed E-state index contributed by atoms with van der Waals surface area (Å²) in [5.74, 6) is -0.177. The van der Waals surface area contributed by atoms with Gasteiger partial charge in [0.2, 0.25) is 0 Å². The van der Waals surface area contributed by atoms with Gasteiger partial charge in [-0.1, -0.05) is 24.3 Å². The number of fused-ring (bicyclic) bond motifs is 3. The molecule has 2 aromatic carbocycles. The second kappa shape index (κ2) is 2.67. The van der Waals surface area contributed by atoms with Crippen molar-refractivity contribution < 1.29 is 4.79 Å². The van der Waals surface area contributed by atoms with Crippen LogP contribution in [0.2, 0.25) is 0 Å². The number of benzene rings is 1. The molecule has 15 heavy (non-hydrogen) atoms. The Morgan fingerprint density at radius 2 is 1.80 bits per heavy atom. The average Bonchev–Trinajstić information content (AvgIpc) is 2.34. The molecule has 2 aromatic rings. The van der Waals surface area contributed by atoms with Crippen molar-refractivity contribution >= 4 is 22.4 Å². The maximum absolute atomic E-state index is 11.5. The van der Waals surface area contributed by atoms with Gasteiger partial charge >= 0.3 is 0 Å². The molecular weight excluding hydrogens is 190 g/mol. The molecule has 0 fully saturated rings. The first kappa shape index (κ1) is 8.17. The molecule has 72 valence electrons. The van der Waals surface area contributed by atoms with Crippen LogP contribution in [0.5, 0.6) is 0 Å². The number of amides is 1. The SMILES string of the molecule is O=C1Nc2c1cc(=O)cc1ccccc21. The molecule has 3 nitrogen and oxygen atoms in total. The standard InChI is InChI=1S/C12H7NO2/c14-8-5-7-3-1-2-4-9(7)11-10(6-8)12(15)13-11/h1-6H,(H,13,15). The normalized spacial score (nSPS) is 12.9. The van der Waals surface area contributed by atoms with E-state index in [2.05, 4.69) is 5.32 Å². The lowest BCUT2D eigenvalue weighted by Crippen LogP contribution is -2.24. The van der Waals surface area contributed by atoms with Gasteiger partial charge in [0.25, 0.3) is 5.91 Å². The van der Waals surface area contributed by atoms with Crippen molar-refractivity contribution in [3.8, 4) is 0 Å². The van der Waals surface area contributed by atoms with E-state index in [9.17, 15) is 9.59 Å². The quantitative estimate of drug-likeness (QED) is 0.699. The number of anilines is 1. The number of hydrogen-bond acceptors (Lipinski definition) is 2. The van der Waals surface area contributed by atoms with Crippen molar-refractivity contribution in [3.05, 3.63) is 52.2 Å². The van der Waals surface area contributed by atoms with E-state index in [0.717, 1.165) is 16.5 Å². The predicted octanol–water partition coefficient (Wildman–Crippen LogP) is 1.77. The molecule has 1 aliphatic rings. The Morgan fingerprint density at radius 3 is 2.60 bits per heavy atom. The molecule has 0 unspecified atom stereocenters. The van der Waals surface area contributed by atoms with Gasteiger partial charge in [-0.25, -0.2) is 0 Å². The van der Waals surface area contributed by atoms with Gasteiger partial charge in [0.15, 0.2) is 5.43 Å². The molecule has 3 rings (SSSR count). The second-order valence-electron chi connectivity index (χ2n) is 3.52. The first-order valence-corrected chi connectivity index (χ1v) is 4.64. The summed E-state index contributed by atoms with van der Waals surface area (Å²) in [5.41, 5.74) is 1.11. The Labute approximate surface area is 85.4 Å². The van der Waals surface area contributed by atoms with Gasteiger partial charge in [0, 0.05) is 11.5 Å². The van der Waals surface area contributed by atoms with Crippen LogP contribution in [0.1, 0.15) is 10.4 Å². The van der Waals surface area contributed by atoms with Crippen LogP contribution in [-0.2, 0) is 0 Å². The molecule has 1 N–H and O–H groups in total. The fourth-order valence-electron chi connectivity index (χ4n) is 1.84. The number of carbonyl (C=O) groups excluding carboxylic acids is 1. The van der Waals surface area contributed by atoms with Crippen molar-refractivity contribution in [1.82, 2.24) is 0 Å². The van der Waals surface area contributed by atoms with E-state index >= 15 is 0 Å².